The number of nitrogens with two attached hydrogens (primary N) is 1. The van der Waals surface area contributed by atoms with Crippen LogP contribution < -0.4 is 20.1 Å². The maximum absolute atomic E-state index is 12.4. The van der Waals surface area contributed by atoms with Gasteiger partial charge in [-0.3, -0.25) is 24.1 Å². The lowest BCUT2D eigenvalue weighted by Crippen LogP contribution is -2.53. The molecule has 0 aromatic heterocycles. The number of alkyl carbamates (subject to hydrolysis) is 1. The molecule has 2 rings (SSSR count). The number of ether oxygens (including phenoxy) is 2. The van der Waals surface area contributed by atoms with Crippen LogP contribution in [-0.2, 0) is 31.0 Å². The summed E-state index contributed by atoms with van der Waals surface area (Å²) in [6, 6.07) is 5.69. The van der Waals surface area contributed by atoms with Gasteiger partial charge < -0.3 is 14.8 Å². The second-order valence-corrected chi connectivity index (χ2v) is 9.32. The lowest BCUT2D eigenvalue weighted by Gasteiger charge is -2.35. The summed E-state index contributed by atoms with van der Waals surface area (Å²) < 4.78 is 54.8. The summed E-state index contributed by atoms with van der Waals surface area (Å²) in [5, 5.41) is 2.33. The van der Waals surface area contributed by atoms with Gasteiger partial charge in [0.25, 0.3) is 5.91 Å². The van der Waals surface area contributed by atoms with Crippen LogP contribution in [0.2, 0.25) is 0 Å². The van der Waals surface area contributed by atoms with E-state index in [0.29, 0.717) is 22.4 Å². The van der Waals surface area contributed by atoms with Crippen LogP contribution >= 0.6 is 7.59 Å². The molecule has 1 heterocycles. The van der Waals surface area contributed by atoms with Gasteiger partial charge in [0.05, 0.1) is 7.11 Å². The molecule has 28 heavy (non-hydrogen) atoms. The molecule has 2 atom stereocenters. The number of methoxy groups -OCH3 is 1. The Bertz CT molecular complexity index is 876. The first-order chi connectivity index (χ1) is 13.0. The molecule has 5 N–H and O–H groups in total. The molecule has 0 spiro atoms. The number of carbonyl (C=O) groups is 2. The quantitative estimate of drug-likeness (QED) is 0.347. The average Bonchev–Trinajstić information content (AvgIpc) is 2.60. The van der Waals surface area contributed by atoms with E-state index in [-0.39, 0.29) is 19.6 Å². The van der Waals surface area contributed by atoms with Crippen molar-refractivity contribution < 1.29 is 36.6 Å². The molecular weight excluding hydrogens is 415 g/mol. The molecule has 0 saturated carbocycles. The molecule has 1 aliphatic heterocycles. The summed E-state index contributed by atoms with van der Waals surface area (Å²) in [6.07, 6.45) is -0.367. The van der Waals surface area contributed by atoms with Gasteiger partial charge in [0, 0.05) is 6.54 Å². The Morgan fingerprint density at radius 1 is 1.39 bits per heavy atom. The van der Waals surface area contributed by atoms with Gasteiger partial charge in [0.15, 0.2) is 0 Å². The zero-order valence-electron chi connectivity index (χ0n) is 14.9. The highest BCUT2D eigenvalue weighted by molar-refractivity contribution is 7.90. The van der Waals surface area contributed by atoms with Crippen LogP contribution in [0.1, 0.15) is 18.4 Å². The van der Waals surface area contributed by atoms with Crippen molar-refractivity contribution in [3.63, 3.8) is 0 Å². The van der Waals surface area contributed by atoms with Crippen molar-refractivity contribution in [1.29, 1.82) is 0 Å². The van der Waals surface area contributed by atoms with Gasteiger partial charge in [-0.15, -0.1) is 4.49 Å². The molecule has 1 aromatic carbocycles. The Morgan fingerprint density at radius 2 is 2.04 bits per heavy atom. The number of amides is 2. The first kappa shape index (κ1) is 22.1. The topological polar surface area (TPSA) is 177 Å². The van der Waals surface area contributed by atoms with E-state index in [4.69, 9.17) is 19.5 Å². The highest BCUT2D eigenvalue weighted by Gasteiger charge is 2.40. The van der Waals surface area contributed by atoms with Crippen molar-refractivity contribution in [2.75, 3.05) is 13.7 Å². The molecule has 0 bridgehead atoms. The van der Waals surface area contributed by atoms with E-state index in [2.05, 4.69) is 5.32 Å². The first-order valence-electron chi connectivity index (χ1n) is 8.05. The van der Waals surface area contributed by atoms with E-state index in [1.54, 1.807) is 24.3 Å². The van der Waals surface area contributed by atoms with E-state index in [0.717, 1.165) is 0 Å². The third-order valence-electron chi connectivity index (χ3n) is 3.84. The zero-order valence-corrected chi connectivity index (χ0v) is 16.6. The standard InChI is InChI=1S/C14H21N4O8PS/c1-25-11-6-4-10(5-7-11)9-26-14(20)16-12-3-2-8-18(13(12)19)27(15,21)17-28(22,23)24/h4-7,12H,2-3,8-9H2,1H3,(H,16,20)(H3,15,17,21)(H,22,23,24)/t12-,27+/m0/s1. The van der Waals surface area contributed by atoms with E-state index < -0.39 is 35.9 Å². The molecule has 0 radical (unpaired) electrons. The molecule has 0 aliphatic carbocycles. The van der Waals surface area contributed by atoms with Crippen LogP contribution in [-0.4, -0.2) is 49.3 Å². The summed E-state index contributed by atoms with van der Waals surface area (Å²) in [6.45, 7) is -0.158. The molecule has 14 heteroatoms. The van der Waals surface area contributed by atoms with Crippen LogP contribution in [0.15, 0.2) is 24.3 Å². The summed E-state index contributed by atoms with van der Waals surface area (Å²) in [5.41, 5.74) is 6.07. The number of carbonyl (C=O) groups excluding carboxylic acids is 2. The van der Waals surface area contributed by atoms with Crippen LogP contribution in [0.5, 0.6) is 5.75 Å². The van der Waals surface area contributed by atoms with Crippen molar-refractivity contribution in [3.05, 3.63) is 29.8 Å². The minimum absolute atomic E-state index is 0.0554. The molecule has 1 saturated heterocycles. The molecular formula is C14H21N4O8PS. The van der Waals surface area contributed by atoms with E-state index in [1.165, 1.54) is 11.6 Å². The fourth-order valence-corrected chi connectivity index (χ4v) is 5.14. The minimum Gasteiger partial charge on any atom is -0.497 e. The average molecular weight is 436 g/mol. The second-order valence-electron chi connectivity index (χ2n) is 5.91. The van der Waals surface area contributed by atoms with Crippen LogP contribution in [0.3, 0.4) is 0 Å². The Balaban J connectivity index is 1.94. The molecule has 1 aromatic rings. The van der Waals surface area contributed by atoms with Crippen LogP contribution in [0.25, 0.3) is 0 Å². The van der Waals surface area contributed by atoms with Crippen molar-refractivity contribution >= 4 is 29.9 Å². The Kier molecular flexibility index (Phi) is 7.01. The molecule has 2 amide bonds. The maximum atomic E-state index is 12.4. The number of benzene rings is 1. The molecule has 156 valence electrons. The normalized spacial score (nSPS) is 19.6. The number of rotatable bonds is 7. The van der Waals surface area contributed by atoms with Gasteiger partial charge in [-0.05, 0) is 30.5 Å². The van der Waals surface area contributed by atoms with Gasteiger partial charge in [0.1, 0.15) is 18.4 Å². The van der Waals surface area contributed by atoms with Crippen LogP contribution in [0.4, 0.5) is 4.79 Å². The van der Waals surface area contributed by atoms with Crippen LogP contribution in [0, 0.1) is 0 Å². The van der Waals surface area contributed by atoms with Gasteiger partial charge in [-0.1, -0.05) is 12.1 Å². The van der Waals surface area contributed by atoms with Gasteiger partial charge in [0.2, 0.25) is 0 Å². The number of hydrogen-bond donors (Lipinski definition) is 4. The molecule has 1 aliphatic rings. The number of nitrogens with one attached hydrogen (secondary N) is 2. The van der Waals surface area contributed by atoms with Crippen molar-refractivity contribution in [2.24, 2.45) is 5.50 Å². The lowest BCUT2D eigenvalue weighted by molar-refractivity contribution is -0.130. The second kappa shape index (κ2) is 8.88. The third kappa shape index (κ3) is 6.17. The Hall–Kier alpha value is -2.18. The minimum atomic E-state index is -4.89. The van der Waals surface area contributed by atoms with E-state index in [9.17, 15) is 22.6 Å². The fraction of sp³-hybridized carbons (Fsp3) is 0.429. The summed E-state index contributed by atoms with van der Waals surface area (Å²) in [7, 11) is -7.78. The van der Waals surface area contributed by atoms with Gasteiger partial charge >= 0.3 is 24.0 Å². The monoisotopic (exact) mass is 436 g/mol. The first-order valence-corrected chi connectivity index (χ1v) is 11.2. The highest BCUT2D eigenvalue weighted by Crippen LogP contribution is 2.40. The third-order valence-corrected chi connectivity index (χ3v) is 6.92. The Labute approximate surface area is 161 Å². The smallest absolute Gasteiger partial charge is 0.408 e. The number of piperidine rings is 1. The molecule has 12 nitrogen and oxygen atoms in total. The predicted molar refractivity (Wildman–Crippen MR) is 97.5 cm³/mol. The SMILES string of the molecule is COc1ccc(COC(=O)N[C@H]2CCCN([P@](N)(=O)NS(=O)(=O)O)C2=O)cc1. The predicted octanol–water partition coefficient (Wildman–Crippen LogP) is 0.372. The summed E-state index contributed by atoms with van der Waals surface area (Å²) in [5.74, 6) is -0.208. The lowest BCUT2D eigenvalue weighted by atomic mass is 10.1. The van der Waals surface area contributed by atoms with Gasteiger partial charge in [-0.2, -0.15) is 8.42 Å². The zero-order chi connectivity index (χ0) is 20.9. The van der Waals surface area contributed by atoms with Crippen molar-refractivity contribution in [2.45, 2.75) is 25.5 Å². The Morgan fingerprint density at radius 3 is 2.61 bits per heavy atom. The fourth-order valence-electron chi connectivity index (χ4n) is 2.56. The number of nitrogens with zero attached hydrogens (tertiary/aromatic N) is 1. The van der Waals surface area contributed by atoms with Crippen molar-refractivity contribution in [1.82, 2.24) is 14.5 Å². The number of hydrogen-bond acceptors (Lipinski definition) is 7. The van der Waals surface area contributed by atoms with Crippen molar-refractivity contribution in [3.8, 4) is 5.75 Å². The van der Waals surface area contributed by atoms with E-state index >= 15 is 0 Å². The summed E-state index contributed by atoms with van der Waals surface area (Å²) in [4.78, 5) is 24.4. The van der Waals surface area contributed by atoms with Gasteiger partial charge in [-0.25, -0.2) is 4.79 Å². The summed E-state index contributed by atoms with van der Waals surface area (Å²) >= 11 is 0. The largest absolute Gasteiger partial charge is 0.497 e. The molecule has 0 unspecified atom stereocenters. The van der Waals surface area contributed by atoms with E-state index in [1.807, 2.05) is 0 Å². The maximum Gasteiger partial charge on any atom is 0.408 e. The molecule has 1 fully saturated rings. The highest BCUT2D eigenvalue weighted by atomic mass is 32.2.